The van der Waals surface area contributed by atoms with E-state index in [2.05, 4.69) is 41.5 Å². The van der Waals surface area contributed by atoms with Gasteiger partial charge in [-0.1, -0.05) is 41.5 Å². The van der Waals surface area contributed by atoms with Crippen LogP contribution in [0.15, 0.2) is 0 Å². The Bertz CT molecular complexity index is 202. The Hall–Kier alpha value is 0. The van der Waals surface area contributed by atoms with Gasteiger partial charge in [0.1, 0.15) is 0 Å². The maximum Gasteiger partial charge on any atom is -0.0241 e. The lowest BCUT2D eigenvalue weighted by Crippen LogP contribution is -2.36. The molecule has 13 heavy (non-hydrogen) atoms. The fourth-order valence-corrected chi connectivity index (χ4v) is 4.85. The van der Waals surface area contributed by atoms with Crippen LogP contribution in [0.4, 0.5) is 0 Å². The standard InChI is InChI=1S/C13H24/c1-7-9(3)13(6)10(4)8(2)12(7)11(13)5/h7-12H,1-6H3. The molecule has 0 aliphatic heterocycles. The van der Waals surface area contributed by atoms with E-state index in [0.29, 0.717) is 5.41 Å². The zero-order chi connectivity index (χ0) is 9.96. The van der Waals surface area contributed by atoms with Crippen LogP contribution in [0.5, 0.6) is 0 Å². The third kappa shape index (κ3) is 0.831. The van der Waals surface area contributed by atoms with Crippen LogP contribution in [-0.4, -0.2) is 0 Å². The van der Waals surface area contributed by atoms with Crippen LogP contribution in [0.2, 0.25) is 0 Å². The summed E-state index contributed by atoms with van der Waals surface area (Å²) in [4.78, 5) is 0. The largest absolute Gasteiger partial charge is 0.0619 e. The van der Waals surface area contributed by atoms with E-state index in [-0.39, 0.29) is 0 Å². The lowest BCUT2D eigenvalue weighted by molar-refractivity contribution is 0.0626. The SMILES string of the molecule is CC1C2C(C)C(C)C(C)(C1C)C2C. The Kier molecular flexibility index (Phi) is 1.85. The minimum absolute atomic E-state index is 0.628. The van der Waals surface area contributed by atoms with Crippen molar-refractivity contribution in [2.75, 3.05) is 0 Å². The zero-order valence-corrected chi connectivity index (χ0v) is 9.96. The molecule has 0 radical (unpaired) electrons. The molecular formula is C13H24. The molecule has 76 valence electrons. The Morgan fingerprint density at radius 3 is 1.31 bits per heavy atom. The molecule has 0 aromatic heterocycles. The fourth-order valence-electron chi connectivity index (χ4n) is 4.85. The monoisotopic (exact) mass is 180 g/mol. The average Bonchev–Trinajstić information content (AvgIpc) is 2.35. The second-order valence-corrected chi connectivity index (χ2v) is 6.03. The van der Waals surface area contributed by atoms with Crippen LogP contribution >= 0.6 is 0 Å². The summed E-state index contributed by atoms with van der Waals surface area (Å²) in [6.45, 7) is 14.9. The predicted molar refractivity (Wildman–Crippen MR) is 57.4 cm³/mol. The molecule has 2 aliphatic carbocycles. The molecular weight excluding hydrogens is 156 g/mol. The van der Waals surface area contributed by atoms with Crippen molar-refractivity contribution in [3.8, 4) is 0 Å². The average molecular weight is 180 g/mol. The number of fused-ring (bicyclic) bond motifs is 2. The molecule has 0 heterocycles. The summed E-state index contributed by atoms with van der Waals surface area (Å²) < 4.78 is 0. The molecule has 2 fully saturated rings. The van der Waals surface area contributed by atoms with Crippen LogP contribution in [0, 0.1) is 40.9 Å². The second kappa shape index (κ2) is 2.52. The summed E-state index contributed by atoms with van der Waals surface area (Å²) in [7, 11) is 0. The Balaban J connectivity index is 2.42. The first-order chi connectivity index (χ1) is 5.92. The Morgan fingerprint density at radius 2 is 1.08 bits per heavy atom. The van der Waals surface area contributed by atoms with Gasteiger partial charge in [0.25, 0.3) is 0 Å². The minimum Gasteiger partial charge on any atom is -0.0619 e. The maximum absolute atomic E-state index is 2.53. The quantitative estimate of drug-likeness (QED) is 0.531. The van der Waals surface area contributed by atoms with Crippen molar-refractivity contribution >= 4 is 0 Å². The van der Waals surface area contributed by atoms with E-state index in [0.717, 1.165) is 35.5 Å². The molecule has 0 aromatic carbocycles. The molecule has 0 saturated heterocycles. The second-order valence-electron chi connectivity index (χ2n) is 6.03. The van der Waals surface area contributed by atoms with E-state index in [4.69, 9.17) is 0 Å². The Labute approximate surface area is 83.1 Å². The molecule has 0 spiro atoms. The van der Waals surface area contributed by atoms with Gasteiger partial charge < -0.3 is 0 Å². The molecule has 0 amide bonds. The van der Waals surface area contributed by atoms with Crippen LogP contribution in [0.1, 0.15) is 41.5 Å². The van der Waals surface area contributed by atoms with Gasteiger partial charge in [-0.25, -0.2) is 0 Å². The van der Waals surface area contributed by atoms with Gasteiger partial charge in [0, 0.05) is 0 Å². The minimum atomic E-state index is 0.628. The number of hydrogen-bond acceptors (Lipinski definition) is 0. The predicted octanol–water partition coefficient (Wildman–Crippen LogP) is 3.82. The van der Waals surface area contributed by atoms with E-state index < -0.39 is 0 Å². The van der Waals surface area contributed by atoms with E-state index in [9.17, 15) is 0 Å². The molecule has 2 bridgehead atoms. The molecule has 0 aromatic rings. The summed E-state index contributed by atoms with van der Waals surface area (Å²) in [5.74, 6) is 5.70. The van der Waals surface area contributed by atoms with Gasteiger partial charge in [0.2, 0.25) is 0 Å². The first kappa shape index (κ1) is 9.55. The highest BCUT2D eigenvalue weighted by Gasteiger charge is 2.62. The van der Waals surface area contributed by atoms with Gasteiger partial charge in [-0.2, -0.15) is 0 Å². The van der Waals surface area contributed by atoms with Gasteiger partial charge in [0.05, 0.1) is 0 Å². The molecule has 0 heteroatoms. The first-order valence-corrected chi connectivity index (χ1v) is 5.92. The molecule has 0 nitrogen and oxygen atoms in total. The van der Waals surface area contributed by atoms with Crippen molar-refractivity contribution < 1.29 is 0 Å². The topological polar surface area (TPSA) is 0 Å². The van der Waals surface area contributed by atoms with E-state index >= 15 is 0 Å². The highest BCUT2D eigenvalue weighted by molar-refractivity contribution is 5.10. The van der Waals surface area contributed by atoms with Gasteiger partial charge in [-0.05, 0) is 40.9 Å². The molecule has 2 saturated carbocycles. The third-order valence-corrected chi connectivity index (χ3v) is 6.31. The fraction of sp³-hybridized carbons (Fsp3) is 1.00. The van der Waals surface area contributed by atoms with Gasteiger partial charge in [0.15, 0.2) is 0 Å². The van der Waals surface area contributed by atoms with Crippen molar-refractivity contribution in [3.05, 3.63) is 0 Å². The van der Waals surface area contributed by atoms with Gasteiger partial charge in [-0.15, -0.1) is 0 Å². The molecule has 0 N–H and O–H groups in total. The van der Waals surface area contributed by atoms with E-state index in [1.807, 2.05) is 0 Å². The van der Waals surface area contributed by atoms with Crippen LogP contribution in [-0.2, 0) is 0 Å². The molecule has 2 rings (SSSR count). The highest BCUT2D eigenvalue weighted by atomic mass is 14.7. The van der Waals surface area contributed by atoms with Crippen molar-refractivity contribution in [1.29, 1.82) is 0 Å². The summed E-state index contributed by atoms with van der Waals surface area (Å²) in [5.41, 5.74) is 0.628. The Morgan fingerprint density at radius 1 is 0.692 bits per heavy atom. The van der Waals surface area contributed by atoms with Crippen LogP contribution in [0.25, 0.3) is 0 Å². The highest BCUT2D eigenvalue weighted by Crippen LogP contribution is 2.68. The van der Waals surface area contributed by atoms with Crippen LogP contribution < -0.4 is 0 Å². The first-order valence-electron chi connectivity index (χ1n) is 5.92. The van der Waals surface area contributed by atoms with Crippen molar-refractivity contribution in [1.82, 2.24) is 0 Å². The van der Waals surface area contributed by atoms with E-state index in [1.165, 1.54) is 0 Å². The summed E-state index contributed by atoms with van der Waals surface area (Å²) in [6.07, 6.45) is 0. The number of hydrogen-bond donors (Lipinski definition) is 0. The maximum atomic E-state index is 2.53. The smallest absolute Gasteiger partial charge is 0.0241 e. The van der Waals surface area contributed by atoms with Crippen LogP contribution in [0.3, 0.4) is 0 Å². The summed E-state index contributed by atoms with van der Waals surface area (Å²) >= 11 is 0. The summed E-state index contributed by atoms with van der Waals surface area (Å²) in [6, 6.07) is 0. The third-order valence-electron chi connectivity index (χ3n) is 6.31. The van der Waals surface area contributed by atoms with Crippen molar-refractivity contribution in [3.63, 3.8) is 0 Å². The lowest BCUT2D eigenvalue weighted by atomic mass is 9.63. The van der Waals surface area contributed by atoms with Gasteiger partial charge >= 0.3 is 0 Å². The normalized spacial score (nSPS) is 66.0. The van der Waals surface area contributed by atoms with Crippen molar-refractivity contribution in [2.24, 2.45) is 40.9 Å². The molecule has 5 unspecified atom stereocenters. The summed E-state index contributed by atoms with van der Waals surface area (Å²) in [5, 5.41) is 0. The van der Waals surface area contributed by atoms with Crippen molar-refractivity contribution in [2.45, 2.75) is 41.5 Å². The molecule has 5 atom stereocenters. The zero-order valence-electron chi connectivity index (χ0n) is 9.96. The van der Waals surface area contributed by atoms with Gasteiger partial charge in [-0.3, -0.25) is 0 Å². The number of rotatable bonds is 0. The van der Waals surface area contributed by atoms with E-state index in [1.54, 1.807) is 0 Å². The lowest BCUT2D eigenvalue weighted by Gasteiger charge is -2.42. The molecule has 2 aliphatic rings.